The predicted molar refractivity (Wildman–Crippen MR) is 139 cm³/mol. The topological polar surface area (TPSA) is 17.1 Å². The zero-order chi connectivity index (χ0) is 22.2. The van der Waals surface area contributed by atoms with Gasteiger partial charge < -0.3 is 0 Å². The molecule has 157 valence electrons. The van der Waals surface area contributed by atoms with Crippen LogP contribution in [0.25, 0.3) is 43.1 Å². The molecule has 1 radical (unpaired) electrons. The van der Waals surface area contributed by atoms with E-state index in [2.05, 4.69) is 115 Å². The molecule has 0 unspecified atom stereocenters. The highest BCUT2D eigenvalue weighted by molar-refractivity contribution is 6.03. The Kier molecular flexibility index (Phi) is 4.88. The largest absolute Gasteiger partial charge is 0.291 e. The highest BCUT2D eigenvalue weighted by Crippen LogP contribution is 2.34. The molecule has 0 spiro atoms. The summed E-state index contributed by atoms with van der Waals surface area (Å²) in [4.78, 5) is 12.3. The lowest BCUT2D eigenvalue weighted by Gasteiger charge is -2.18. The van der Waals surface area contributed by atoms with Crippen LogP contribution in [0.5, 0.6) is 0 Å². The number of hydrogen-bond donors (Lipinski definition) is 0. The molecule has 0 aliphatic heterocycles. The van der Waals surface area contributed by atoms with Gasteiger partial charge in [-0.1, -0.05) is 97.1 Å². The number of benzene rings is 6. The fourth-order valence-corrected chi connectivity index (χ4v) is 5.30. The summed E-state index contributed by atoms with van der Waals surface area (Å²) >= 11 is 0. The van der Waals surface area contributed by atoms with Crippen LogP contribution in [0.4, 0.5) is 0 Å². The van der Waals surface area contributed by atoms with Gasteiger partial charge in [0.25, 0.3) is 0 Å². The first-order valence-corrected chi connectivity index (χ1v) is 11.5. The Morgan fingerprint density at radius 2 is 0.788 bits per heavy atom. The van der Waals surface area contributed by atoms with Crippen LogP contribution in [-0.2, 0) is 17.6 Å². The second kappa shape index (κ2) is 8.18. The van der Waals surface area contributed by atoms with Gasteiger partial charge in [-0.2, -0.15) is 0 Å². The molecule has 0 aromatic heterocycles. The quantitative estimate of drug-likeness (QED) is 0.258. The monoisotopic (exact) mass is 423 g/mol. The van der Waals surface area contributed by atoms with E-state index in [1.54, 1.807) is 0 Å². The molecular weight excluding hydrogens is 400 g/mol. The molecule has 0 N–H and O–H groups in total. The van der Waals surface area contributed by atoms with Gasteiger partial charge in [-0.05, 0) is 79.2 Å². The molecule has 0 saturated carbocycles. The van der Waals surface area contributed by atoms with Crippen LogP contribution < -0.4 is 0 Å². The van der Waals surface area contributed by atoms with Crippen LogP contribution in [0.15, 0.2) is 109 Å². The third-order valence-electron chi connectivity index (χ3n) is 6.83. The smallest absolute Gasteiger partial charge is 0.202 e. The maximum atomic E-state index is 12.3. The van der Waals surface area contributed by atoms with Crippen molar-refractivity contribution >= 4 is 49.4 Å². The first kappa shape index (κ1) is 19.7. The van der Waals surface area contributed by atoms with Crippen molar-refractivity contribution in [2.75, 3.05) is 0 Å². The Balaban J connectivity index is 1.50. The predicted octanol–water partition coefficient (Wildman–Crippen LogP) is 7.81. The van der Waals surface area contributed by atoms with E-state index in [0.29, 0.717) is 12.8 Å². The minimum Gasteiger partial charge on any atom is -0.291 e. The summed E-state index contributed by atoms with van der Waals surface area (Å²) in [5, 5.41) is 9.74. The number of carbonyl (C=O) groups excluding carboxylic acids is 1. The number of hydrogen-bond acceptors (Lipinski definition) is 1. The van der Waals surface area contributed by atoms with Crippen LogP contribution in [0.2, 0.25) is 0 Å². The second-order valence-electron chi connectivity index (χ2n) is 8.82. The van der Waals surface area contributed by atoms with Crippen molar-refractivity contribution in [2.24, 2.45) is 5.92 Å². The molecule has 33 heavy (non-hydrogen) atoms. The minimum absolute atomic E-state index is 0.228. The molecule has 0 aliphatic carbocycles. The first-order valence-electron chi connectivity index (χ1n) is 11.5. The molecule has 6 aromatic rings. The Morgan fingerprint density at radius 3 is 1.09 bits per heavy atom. The van der Waals surface area contributed by atoms with Gasteiger partial charge in [0, 0.05) is 5.92 Å². The van der Waals surface area contributed by atoms with E-state index in [4.69, 9.17) is 0 Å². The van der Waals surface area contributed by atoms with E-state index in [0.717, 1.165) is 0 Å². The molecule has 1 nitrogen and oxygen atoms in total. The van der Waals surface area contributed by atoms with Crippen LogP contribution in [0.1, 0.15) is 11.1 Å². The van der Waals surface area contributed by atoms with Gasteiger partial charge in [0.15, 0.2) is 0 Å². The molecule has 6 rings (SSSR count). The molecule has 0 heterocycles. The van der Waals surface area contributed by atoms with Crippen LogP contribution in [0, 0.1) is 5.92 Å². The second-order valence-corrected chi connectivity index (χ2v) is 8.82. The summed E-state index contributed by atoms with van der Waals surface area (Å²) in [7, 11) is 0. The summed E-state index contributed by atoms with van der Waals surface area (Å²) in [6.07, 6.45) is 3.75. The zero-order valence-corrected chi connectivity index (χ0v) is 18.3. The van der Waals surface area contributed by atoms with Gasteiger partial charge in [0.2, 0.25) is 6.29 Å². The Bertz CT molecular complexity index is 1410. The van der Waals surface area contributed by atoms with Gasteiger partial charge in [0.1, 0.15) is 0 Å². The van der Waals surface area contributed by atoms with Crippen molar-refractivity contribution < 1.29 is 4.79 Å². The lowest BCUT2D eigenvalue weighted by molar-refractivity contribution is 0.518. The van der Waals surface area contributed by atoms with Gasteiger partial charge in [-0.25, -0.2) is 0 Å². The Hall–Kier alpha value is -3.97. The normalized spacial score (nSPS) is 11.7. The average molecular weight is 424 g/mol. The fraction of sp³-hybridized carbons (Fsp3) is 0.0938. The third kappa shape index (κ3) is 3.47. The highest BCUT2D eigenvalue weighted by atomic mass is 16.1. The van der Waals surface area contributed by atoms with E-state index in [1.807, 2.05) is 0 Å². The maximum Gasteiger partial charge on any atom is 0.202 e. The van der Waals surface area contributed by atoms with Crippen LogP contribution in [0.3, 0.4) is 0 Å². The lowest BCUT2D eigenvalue weighted by atomic mass is 9.85. The summed E-state index contributed by atoms with van der Waals surface area (Å²) < 4.78 is 0. The molecule has 0 amide bonds. The summed E-state index contributed by atoms with van der Waals surface area (Å²) in [5.41, 5.74) is 2.48. The van der Waals surface area contributed by atoms with Gasteiger partial charge in [0.05, 0.1) is 0 Å². The van der Waals surface area contributed by atoms with E-state index < -0.39 is 0 Å². The molecule has 0 aliphatic rings. The van der Waals surface area contributed by atoms with E-state index in [9.17, 15) is 4.79 Å². The van der Waals surface area contributed by atoms with Crippen molar-refractivity contribution in [3.05, 3.63) is 120 Å². The molecule has 1 heteroatoms. The SMILES string of the molecule is O=[C]C(Cc1c2ccccc2cc2ccccc12)Cc1c2ccccc2cc2ccccc12. The number of rotatable bonds is 5. The Labute approximate surface area is 193 Å². The molecule has 0 bridgehead atoms. The van der Waals surface area contributed by atoms with Crippen LogP contribution >= 0.6 is 0 Å². The van der Waals surface area contributed by atoms with Crippen molar-refractivity contribution in [3.63, 3.8) is 0 Å². The van der Waals surface area contributed by atoms with E-state index >= 15 is 0 Å². The van der Waals surface area contributed by atoms with Crippen molar-refractivity contribution in [1.29, 1.82) is 0 Å². The van der Waals surface area contributed by atoms with Crippen LogP contribution in [-0.4, -0.2) is 6.29 Å². The maximum absolute atomic E-state index is 12.3. The standard InChI is InChI=1S/C32H23O/c33-21-22(17-31-27-13-5-1-9-23(27)19-24-10-2-6-14-28(24)31)18-32-29-15-7-3-11-25(29)20-26-12-4-8-16-30(26)32/h1-16,19-20,22H,17-18H2. The minimum atomic E-state index is -0.228. The lowest BCUT2D eigenvalue weighted by Crippen LogP contribution is -2.11. The van der Waals surface area contributed by atoms with Crippen molar-refractivity contribution in [2.45, 2.75) is 12.8 Å². The van der Waals surface area contributed by atoms with E-state index in [-0.39, 0.29) is 5.92 Å². The zero-order valence-electron chi connectivity index (χ0n) is 18.3. The molecule has 0 saturated heterocycles. The molecule has 0 fully saturated rings. The van der Waals surface area contributed by atoms with E-state index in [1.165, 1.54) is 54.2 Å². The summed E-state index contributed by atoms with van der Waals surface area (Å²) in [6, 6.07) is 38.4. The van der Waals surface area contributed by atoms with Gasteiger partial charge >= 0.3 is 0 Å². The molecule has 6 aromatic carbocycles. The first-order chi connectivity index (χ1) is 16.3. The summed E-state index contributed by atoms with van der Waals surface area (Å²) in [6.45, 7) is 0. The van der Waals surface area contributed by atoms with Gasteiger partial charge in [-0.3, -0.25) is 4.79 Å². The highest BCUT2D eigenvalue weighted by Gasteiger charge is 2.18. The van der Waals surface area contributed by atoms with Crippen molar-refractivity contribution in [1.82, 2.24) is 0 Å². The number of fused-ring (bicyclic) bond motifs is 4. The van der Waals surface area contributed by atoms with Gasteiger partial charge in [-0.15, -0.1) is 0 Å². The van der Waals surface area contributed by atoms with Crippen molar-refractivity contribution in [3.8, 4) is 0 Å². The fourth-order valence-electron chi connectivity index (χ4n) is 5.30. The average Bonchev–Trinajstić information content (AvgIpc) is 2.87. The Morgan fingerprint density at radius 1 is 0.485 bits per heavy atom. The molecular formula is C32H23O. The summed E-state index contributed by atoms with van der Waals surface area (Å²) in [5.74, 6) is -0.228. The molecule has 0 atom stereocenters. The third-order valence-corrected chi connectivity index (χ3v) is 6.83.